The average molecular weight is 781 g/mol. The second-order valence-electron chi connectivity index (χ2n) is 15.3. The maximum absolute atomic E-state index is 7.08. The number of ether oxygens (including phenoxy) is 1. The van der Waals surface area contributed by atoms with Crippen LogP contribution in [0.2, 0.25) is 0 Å². The Balaban J connectivity index is 0.999. The fraction of sp³-hybridized carbons (Fsp3) is 0. The molecule has 0 radical (unpaired) electrons. The molecule has 3 heteroatoms. The van der Waals surface area contributed by atoms with Gasteiger partial charge in [-0.2, -0.15) is 0 Å². The first-order valence-electron chi connectivity index (χ1n) is 20.8. The predicted octanol–water partition coefficient (Wildman–Crippen LogP) is 16.6. The van der Waals surface area contributed by atoms with Gasteiger partial charge in [-0.15, -0.1) is 0 Å². The summed E-state index contributed by atoms with van der Waals surface area (Å²) >= 11 is 0. The van der Waals surface area contributed by atoms with Crippen molar-refractivity contribution in [2.45, 2.75) is 0 Å². The smallest absolute Gasteiger partial charge is 0.159 e. The number of benzene rings is 10. The van der Waals surface area contributed by atoms with Crippen molar-refractivity contribution in [2.24, 2.45) is 0 Å². The number of fused-ring (bicyclic) bond motifs is 2. The number of para-hydroxylation sites is 2. The molecule has 0 atom stereocenters. The van der Waals surface area contributed by atoms with E-state index in [9.17, 15) is 0 Å². The summed E-state index contributed by atoms with van der Waals surface area (Å²) < 4.78 is 7.08. The minimum Gasteiger partial charge on any atom is -0.454 e. The van der Waals surface area contributed by atoms with E-state index in [1.54, 1.807) is 0 Å². The quantitative estimate of drug-likeness (QED) is 0.145. The molecule has 1 heterocycles. The maximum Gasteiger partial charge on any atom is 0.159 e. The van der Waals surface area contributed by atoms with Crippen molar-refractivity contribution in [3.63, 3.8) is 0 Å². The van der Waals surface area contributed by atoms with Crippen LogP contribution in [0.1, 0.15) is 0 Å². The number of hydrogen-bond acceptors (Lipinski definition) is 3. The van der Waals surface area contributed by atoms with Crippen LogP contribution in [0.25, 0.3) is 55.3 Å². The molecule has 0 spiro atoms. The lowest BCUT2D eigenvalue weighted by Crippen LogP contribution is -2.12. The molecule has 61 heavy (non-hydrogen) atoms. The van der Waals surface area contributed by atoms with Gasteiger partial charge in [0.2, 0.25) is 0 Å². The normalized spacial score (nSPS) is 11.4. The van der Waals surface area contributed by atoms with Crippen molar-refractivity contribution in [3.05, 3.63) is 243 Å². The Morgan fingerprint density at radius 1 is 0.279 bits per heavy atom. The number of nitrogens with zero attached hydrogens (tertiary/aromatic N) is 2. The molecule has 0 aromatic heterocycles. The van der Waals surface area contributed by atoms with Crippen LogP contribution >= 0.6 is 0 Å². The van der Waals surface area contributed by atoms with Gasteiger partial charge < -0.3 is 14.5 Å². The standard InChI is InChI=1S/C58H40N2O/c1-5-15-41(16-6-1)43-27-34-49(35-28-43)59(50-36-29-44(30-37-50)42-17-7-2-8-18-42)51-38-31-45(32-39-51)52-24-14-26-55-57(52)53-25-13-19-46-33-40-54(58(61-55)56(46)53)60(47-20-9-3-10-21-47)48-22-11-4-12-23-48/h1-40H. The largest absolute Gasteiger partial charge is 0.454 e. The van der Waals surface area contributed by atoms with Crippen molar-refractivity contribution in [2.75, 3.05) is 9.80 Å². The van der Waals surface area contributed by atoms with E-state index in [-0.39, 0.29) is 0 Å². The Morgan fingerprint density at radius 2 is 0.705 bits per heavy atom. The van der Waals surface area contributed by atoms with Crippen LogP contribution in [0.15, 0.2) is 243 Å². The molecule has 10 aromatic carbocycles. The van der Waals surface area contributed by atoms with E-state index in [1.165, 1.54) is 22.3 Å². The Kier molecular flexibility index (Phi) is 9.18. The fourth-order valence-corrected chi connectivity index (χ4v) is 8.75. The summed E-state index contributed by atoms with van der Waals surface area (Å²) in [5, 5.41) is 2.25. The molecular weight excluding hydrogens is 741 g/mol. The molecule has 0 saturated heterocycles. The molecule has 0 aliphatic carbocycles. The summed E-state index contributed by atoms with van der Waals surface area (Å²) in [6.07, 6.45) is 0. The Morgan fingerprint density at radius 3 is 1.23 bits per heavy atom. The van der Waals surface area contributed by atoms with Crippen LogP contribution in [-0.2, 0) is 0 Å². The van der Waals surface area contributed by atoms with Crippen molar-refractivity contribution < 1.29 is 4.74 Å². The van der Waals surface area contributed by atoms with E-state index in [4.69, 9.17) is 4.74 Å². The van der Waals surface area contributed by atoms with Crippen molar-refractivity contribution in [1.82, 2.24) is 0 Å². The molecule has 288 valence electrons. The van der Waals surface area contributed by atoms with Crippen LogP contribution in [0, 0.1) is 0 Å². The highest BCUT2D eigenvalue weighted by Gasteiger charge is 2.28. The van der Waals surface area contributed by atoms with E-state index in [2.05, 4.69) is 252 Å². The summed E-state index contributed by atoms with van der Waals surface area (Å²) in [6, 6.07) is 86.2. The average Bonchev–Trinajstić information content (AvgIpc) is 3.34. The van der Waals surface area contributed by atoms with E-state index >= 15 is 0 Å². The molecule has 1 aliphatic heterocycles. The van der Waals surface area contributed by atoms with E-state index in [1.807, 2.05) is 0 Å². The summed E-state index contributed by atoms with van der Waals surface area (Å²) in [4.78, 5) is 4.62. The lowest BCUT2D eigenvalue weighted by atomic mass is 9.88. The highest BCUT2D eigenvalue weighted by molar-refractivity contribution is 6.10. The number of hydrogen-bond donors (Lipinski definition) is 0. The molecule has 0 bridgehead atoms. The molecular formula is C58H40N2O. The van der Waals surface area contributed by atoms with Crippen LogP contribution < -0.4 is 14.5 Å². The highest BCUT2D eigenvalue weighted by Crippen LogP contribution is 2.55. The van der Waals surface area contributed by atoms with Gasteiger partial charge in [-0.25, -0.2) is 0 Å². The predicted molar refractivity (Wildman–Crippen MR) is 255 cm³/mol. The van der Waals surface area contributed by atoms with Crippen molar-refractivity contribution in [3.8, 4) is 56.0 Å². The monoisotopic (exact) mass is 780 g/mol. The Bertz CT molecular complexity index is 2990. The molecule has 0 fully saturated rings. The van der Waals surface area contributed by atoms with E-state index < -0.39 is 0 Å². The fourth-order valence-electron chi connectivity index (χ4n) is 8.75. The Labute approximate surface area is 356 Å². The first kappa shape index (κ1) is 36.0. The summed E-state index contributed by atoms with van der Waals surface area (Å²) in [5.41, 5.74) is 15.7. The molecule has 1 aliphatic rings. The summed E-state index contributed by atoms with van der Waals surface area (Å²) in [5.74, 6) is 1.70. The number of rotatable bonds is 9. The second kappa shape index (κ2) is 15.6. The molecule has 10 aromatic rings. The van der Waals surface area contributed by atoms with Crippen LogP contribution in [-0.4, -0.2) is 0 Å². The SMILES string of the molecule is c1ccc(-c2ccc(N(c3ccc(-c4ccccc4)cc3)c3ccc(-c4cccc5c4-c4cccc6ccc(N(c7ccccc7)c7ccccc7)c(c46)O5)cc3)cc2)cc1. The van der Waals surface area contributed by atoms with Crippen LogP contribution in [0.4, 0.5) is 34.1 Å². The van der Waals surface area contributed by atoms with Gasteiger partial charge in [-0.1, -0.05) is 170 Å². The molecule has 0 unspecified atom stereocenters. The van der Waals surface area contributed by atoms with Gasteiger partial charge in [0.15, 0.2) is 5.75 Å². The van der Waals surface area contributed by atoms with Crippen molar-refractivity contribution in [1.29, 1.82) is 0 Å². The third-order valence-corrected chi connectivity index (χ3v) is 11.7. The zero-order valence-electron chi connectivity index (χ0n) is 33.4. The summed E-state index contributed by atoms with van der Waals surface area (Å²) in [6.45, 7) is 0. The van der Waals surface area contributed by atoms with Crippen LogP contribution in [0.3, 0.4) is 0 Å². The third kappa shape index (κ3) is 6.69. The first-order chi connectivity index (χ1) is 30.3. The van der Waals surface area contributed by atoms with Gasteiger partial charge in [0.05, 0.1) is 5.69 Å². The minimum atomic E-state index is 0.841. The Hall–Kier alpha value is -8.14. The lowest BCUT2D eigenvalue weighted by molar-refractivity contribution is 0.488. The van der Waals surface area contributed by atoms with Crippen molar-refractivity contribution >= 4 is 44.9 Å². The van der Waals surface area contributed by atoms with Gasteiger partial charge >= 0.3 is 0 Å². The second-order valence-corrected chi connectivity index (χ2v) is 15.3. The minimum absolute atomic E-state index is 0.841. The number of anilines is 6. The lowest BCUT2D eigenvalue weighted by Gasteiger charge is -2.31. The molecule has 0 N–H and O–H groups in total. The maximum atomic E-state index is 7.08. The molecule has 3 nitrogen and oxygen atoms in total. The molecule has 0 amide bonds. The first-order valence-corrected chi connectivity index (χ1v) is 20.8. The van der Waals surface area contributed by atoms with E-state index in [0.29, 0.717) is 0 Å². The third-order valence-electron chi connectivity index (χ3n) is 11.7. The highest BCUT2D eigenvalue weighted by atomic mass is 16.5. The topological polar surface area (TPSA) is 15.7 Å². The van der Waals surface area contributed by atoms with Crippen LogP contribution in [0.5, 0.6) is 11.5 Å². The van der Waals surface area contributed by atoms with Gasteiger partial charge in [0.25, 0.3) is 0 Å². The molecule has 11 rings (SSSR count). The molecule has 0 saturated carbocycles. The zero-order chi connectivity index (χ0) is 40.5. The zero-order valence-corrected chi connectivity index (χ0v) is 33.4. The van der Waals surface area contributed by atoms with E-state index in [0.717, 1.165) is 78.6 Å². The van der Waals surface area contributed by atoms with Gasteiger partial charge in [0.1, 0.15) is 5.75 Å². The van der Waals surface area contributed by atoms with Gasteiger partial charge in [0, 0.05) is 39.4 Å². The summed E-state index contributed by atoms with van der Waals surface area (Å²) in [7, 11) is 0. The van der Waals surface area contributed by atoms with Gasteiger partial charge in [-0.05, 0) is 117 Å². The van der Waals surface area contributed by atoms with Gasteiger partial charge in [-0.3, -0.25) is 0 Å².